The molecule has 0 bridgehead atoms. The summed E-state index contributed by atoms with van der Waals surface area (Å²) in [5.41, 5.74) is 0. The Kier molecular flexibility index (Phi) is 13.5. The van der Waals surface area contributed by atoms with Crippen LogP contribution < -0.4 is 10.6 Å². The minimum Gasteiger partial charge on any atom is -0.382 e. The van der Waals surface area contributed by atoms with Crippen molar-refractivity contribution in [2.75, 3.05) is 39.4 Å². The minimum absolute atomic E-state index is 0. The predicted molar refractivity (Wildman–Crippen MR) is 129 cm³/mol. The summed E-state index contributed by atoms with van der Waals surface area (Å²) in [7, 11) is 1.98. The number of unbranched alkanes of at least 4 members (excludes halogenated alkanes) is 1. The lowest BCUT2D eigenvalue weighted by molar-refractivity contribution is 0.145. The maximum absolute atomic E-state index is 5.43. The fraction of sp³-hybridized carbons (Fsp3) is 0.850. The van der Waals surface area contributed by atoms with Crippen LogP contribution in [0.15, 0.2) is 4.99 Å². The van der Waals surface area contributed by atoms with E-state index in [4.69, 9.17) is 9.73 Å². The van der Waals surface area contributed by atoms with Crippen molar-refractivity contribution in [1.82, 2.24) is 30.3 Å². The van der Waals surface area contributed by atoms with Gasteiger partial charge in [-0.1, -0.05) is 13.3 Å². The number of nitrogens with one attached hydrogen (secondary N) is 2. The number of ether oxygens (including phenoxy) is 1. The molecule has 0 atom stereocenters. The highest BCUT2D eigenvalue weighted by molar-refractivity contribution is 14.0. The van der Waals surface area contributed by atoms with Gasteiger partial charge in [0.2, 0.25) is 0 Å². The van der Waals surface area contributed by atoms with Crippen molar-refractivity contribution < 1.29 is 4.74 Å². The number of guanidine groups is 1. The Labute approximate surface area is 193 Å². The molecule has 1 aliphatic rings. The summed E-state index contributed by atoms with van der Waals surface area (Å²) in [5, 5.41) is 15.4. The van der Waals surface area contributed by atoms with Gasteiger partial charge in [0, 0.05) is 45.9 Å². The van der Waals surface area contributed by atoms with Crippen LogP contribution in [0.4, 0.5) is 0 Å². The Bertz CT molecular complexity index is 585. The van der Waals surface area contributed by atoms with Crippen LogP contribution >= 0.6 is 24.0 Å². The maximum Gasteiger partial charge on any atom is 0.191 e. The van der Waals surface area contributed by atoms with Crippen molar-refractivity contribution in [1.29, 1.82) is 0 Å². The molecule has 0 aromatic carbocycles. The third kappa shape index (κ3) is 9.61. The van der Waals surface area contributed by atoms with Gasteiger partial charge in [-0.15, -0.1) is 34.2 Å². The molecular weight excluding hydrogens is 481 g/mol. The van der Waals surface area contributed by atoms with E-state index in [2.05, 4.69) is 32.7 Å². The lowest BCUT2D eigenvalue weighted by Gasteiger charge is -2.33. The number of hydrogen-bond acceptors (Lipinski definition) is 5. The van der Waals surface area contributed by atoms with Crippen molar-refractivity contribution >= 4 is 29.9 Å². The first kappa shape index (κ1) is 26.1. The molecule has 1 aliphatic heterocycles. The van der Waals surface area contributed by atoms with Crippen molar-refractivity contribution in [2.24, 2.45) is 12.0 Å². The highest BCUT2D eigenvalue weighted by atomic mass is 127. The van der Waals surface area contributed by atoms with E-state index in [0.29, 0.717) is 12.6 Å². The summed E-state index contributed by atoms with van der Waals surface area (Å²) in [6, 6.07) is 0.470. The fourth-order valence-corrected chi connectivity index (χ4v) is 3.29. The van der Waals surface area contributed by atoms with Gasteiger partial charge in [0.1, 0.15) is 12.4 Å². The second kappa shape index (κ2) is 15.0. The van der Waals surface area contributed by atoms with E-state index < -0.39 is 0 Å². The highest BCUT2D eigenvalue weighted by Gasteiger charge is 2.19. The minimum atomic E-state index is 0. The SMILES string of the molecule is CCCCN1CCC(NC(=NCc2nnc(C)n2C)NCCCOCC)CC1.I. The van der Waals surface area contributed by atoms with Crippen molar-refractivity contribution in [3.63, 3.8) is 0 Å². The molecule has 9 heteroatoms. The number of halogens is 1. The molecule has 0 unspecified atom stereocenters. The van der Waals surface area contributed by atoms with Crippen molar-refractivity contribution in [3.8, 4) is 0 Å². The zero-order valence-corrected chi connectivity index (χ0v) is 20.9. The lowest BCUT2D eigenvalue weighted by atomic mass is 10.0. The van der Waals surface area contributed by atoms with E-state index in [0.717, 1.165) is 69.7 Å². The molecule has 2 rings (SSSR count). The number of hydrogen-bond donors (Lipinski definition) is 2. The smallest absolute Gasteiger partial charge is 0.191 e. The number of rotatable bonds is 11. The maximum atomic E-state index is 5.43. The van der Waals surface area contributed by atoms with Gasteiger partial charge in [-0.3, -0.25) is 0 Å². The zero-order valence-electron chi connectivity index (χ0n) is 18.6. The number of aryl methyl sites for hydroxylation is 1. The van der Waals surface area contributed by atoms with Crippen LogP contribution in [0.25, 0.3) is 0 Å². The van der Waals surface area contributed by atoms with Crippen LogP contribution in [0.5, 0.6) is 0 Å². The molecule has 0 aliphatic carbocycles. The lowest BCUT2D eigenvalue weighted by Crippen LogP contribution is -2.49. The molecule has 0 saturated carbocycles. The van der Waals surface area contributed by atoms with Crippen LogP contribution in [-0.4, -0.2) is 71.1 Å². The molecule has 0 amide bonds. The summed E-state index contributed by atoms with van der Waals surface area (Å²) in [4.78, 5) is 7.35. The van der Waals surface area contributed by atoms with E-state index in [9.17, 15) is 0 Å². The van der Waals surface area contributed by atoms with E-state index in [1.54, 1.807) is 0 Å². The van der Waals surface area contributed by atoms with Gasteiger partial charge < -0.3 is 24.8 Å². The van der Waals surface area contributed by atoms with Gasteiger partial charge in [-0.05, 0) is 46.1 Å². The highest BCUT2D eigenvalue weighted by Crippen LogP contribution is 2.11. The normalized spacial score (nSPS) is 15.9. The van der Waals surface area contributed by atoms with Gasteiger partial charge in [-0.25, -0.2) is 4.99 Å². The monoisotopic (exact) mass is 521 g/mol. The van der Waals surface area contributed by atoms with Crippen LogP contribution in [0.1, 0.15) is 57.6 Å². The third-order valence-electron chi connectivity index (χ3n) is 5.28. The van der Waals surface area contributed by atoms with Gasteiger partial charge >= 0.3 is 0 Å². The second-order valence-electron chi connectivity index (χ2n) is 7.48. The molecule has 2 N–H and O–H groups in total. The topological polar surface area (TPSA) is 79.6 Å². The molecule has 0 spiro atoms. The number of aromatic nitrogens is 3. The predicted octanol–water partition coefficient (Wildman–Crippen LogP) is 2.47. The Balaban J connectivity index is 0.00000420. The molecule has 29 heavy (non-hydrogen) atoms. The zero-order chi connectivity index (χ0) is 20.2. The second-order valence-corrected chi connectivity index (χ2v) is 7.48. The molecule has 1 aromatic rings. The summed E-state index contributed by atoms with van der Waals surface area (Å²) in [5.74, 6) is 2.65. The standard InChI is InChI=1S/C20H39N7O.HI/c1-5-7-12-27-13-9-18(10-14-27)23-20(21-11-8-15-28-6-2)22-16-19-25-24-17(3)26(19)4;/h18H,5-16H2,1-4H3,(H2,21,22,23);1H. The average Bonchev–Trinajstić information content (AvgIpc) is 3.03. The van der Waals surface area contributed by atoms with Crippen LogP contribution in [0.2, 0.25) is 0 Å². The van der Waals surface area contributed by atoms with Gasteiger partial charge in [-0.2, -0.15) is 0 Å². The Morgan fingerprint density at radius 1 is 1.21 bits per heavy atom. The van der Waals surface area contributed by atoms with Crippen LogP contribution in [0.3, 0.4) is 0 Å². The summed E-state index contributed by atoms with van der Waals surface area (Å²) in [6.07, 6.45) is 5.84. The van der Waals surface area contributed by atoms with Crippen LogP contribution in [0, 0.1) is 6.92 Å². The van der Waals surface area contributed by atoms with Gasteiger partial charge in [0.15, 0.2) is 11.8 Å². The molecule has 0 radical (unpaired) electrons. The average molecular weight is 521 g/mol. The molecule has 1 fully saturated rings. The van der Waals surface area contributed by atoms with E-state index in [-0.39, 0.29) is 24.0 Å². The number of aliphatic imine (C=N–C) groups is 1. The van der Waals surface area contributed by atoms with E-state index >= 15 is 0 Å². The van der Waals surface area contributed by atoms with E-state index in [1.807, 2.05) is 25.5 Å². The fourth-order valence-electron chi connectivity index (χ4n) is 3.29. The first-order chi connectivity index (χ1) is 13.6. The molecule has 8 nitrogen and oxygen atoms in total. The third-order valence-corrected chi connectivity index (χ3v) is 5.28. The summed E-state index contributed by atoms with van der Waals surface area (Å²) in [6.45, 7) is 12.7. The summed E-state index contributed by atoms with van der Waals surface area (Å²) < 4.78 is 7.42. The number of piperidine rings is 1. The quantitative estimate of drug-likeness (QED) is 0.202. The Hall–Kier alpha value is -0.940. The van der Waals surface area contributed by atoms with Crippen LogP contribution in [-0.2, 0) is 18.3 Å². The largest absolute Gasteiger partial charge is 0.382 e. The number of likely N-dealkylation sites (tertiary alicyclic amines) is 1. The number of nitrogens with zero attached hydrogens (tertiary/aromatic N) is 5. The summed E-state index contributed by atoms with van der Waals surface area (Å²) >= 11 is 0. The molecule has 168 valence electrons. The molecule has 1 saturated heterocycles. The Morgan fingerprint density at radius 2 is 1.97 bits per heavy atom. The van der Waals surface area contributed by atoms with Crippen molar-refractivity contribution in [2.45, 2.75) is 65.5 Å². The Morgan fingerprint density at radius 3 is 2.59 bits per heavy atom. The molecule has 1 aromatic heterocycles. The van der Waals surface area contributed by atoms with Crippen molar-refractivity contribution in [3.05, 3.63) is 11.6 Å². The first-order valence-corrected chi connectivity index (χ1v) is 10.8. The molecule has 2 heterocycles. The van der Waals surface area contributed by atoms with Gasteiger partial charge in [0.05, 0.1) is 0 Å². The van der Waals surface area contributed by atoms with Gasteiger partial charge in [0.25, 0.3) is 0 Å². The molecular formula is C20H40IN7O. The first-order valence-electron chi connectivity index (χ1n) is 10.8. The van der Waals surface area contributed by atoms with E-state index in [1.165, 1.54) is 19.4 Å².